The first-order valence-electron chi connectivity index (χ1n) is 10.3. The molecule has 3 rings (SSSR count). The van der Waals surface area contributed by atoms with E-state index in [1.165, 1.54) is 6.33 Å². The van der Waals surface area contributed by atoms with Crippen molar-refractivity contribution in [3.63, 3.8) is 0 Å². The number of nitrogens with zero attached hydrogens (tertiary/aromatic N) is 2. The molecule has 0 radical (unpaired) electrons. The van der Waals surface area contributed by atoms with Crippen molar-refractivity contribution in [2.24, 2.45) is 0 Å². The molecule has 0 aliphatic rings. The summed E-state index contributed by atoms with van der Waals surface area (Å²) in [6.07, 6.45) is 0.797. The van der Waals surface area contributed by atoms with Gasteiger partial charge in [0.25, 0.3) is 11.5 Å². The Bertz CT molecular complexity index is 1220. The number of carbonyl (C=O) groups is 3. The molecule has 1 amide bonds. The van der Waals surface area contributed by atoms with Gasteiger partial charge in [0.1, 0.15) is 6.04 Å². The molecule has 33 heavy (non-hydrogen) atoms. The monoisotopic (exact) mass is 452 g/mol. The number of rotatable bonds is 10. The molecule has 0 aliphatic carbocycles. The van der Waals surface area contributed by atoms with Crippen LogP contribution >= 0.6 is 0 Å². The molecule has 4 N–H and O–H groups in total. The molecule has 0 aliphatic heterocycles. The minimum Gasteiger partial charge on any atom is -0.481 e. The Morgan fingerprint density at radius 1 is 1.12 bits per heavy atom. The lowest BCUT2D eigenvalue weighted by molar-refractivity contribution is -0.140. The number of hydrogen-bond donors (Lipinski definition) is 4. The van der Waals surface area contributed by atoms with E-state index in [0.717, 1.165) is 11.3 Å². The van der Waals surface area contributed by atoms with Crippen molar-refractivity contribution in [2.45, 2.75) is 32.4 Å². The first-order chi connectivity index (χ1) is 15.8. The van der Waals surface area contributed by atoms with E-state index in [-0.39, 0.29) is 24.0 Å². The second-order valence-electron chi connectivity index (χ2n) is 7.44. The highest BCUT2D eigenvalue weighted by Crippen LogP contribution is 2.19. The van der Waals surface area contributed by atoms with Gasteiger partial charge in [-0.15, -0.1) is 0 Å². The van der Waals surface area contributed by atoms with Crippen molar-refractivity contribution >= 4 is 34.4 Å². The molecule has 0 bridgehead atoms. The smallest absolute Gasteiger partial charge is 0.326 e. The second kappa shape index (κ2) is 10.4. The minimum atomic E-state index is -1.29. The van der Waals surface area contributed by atoms with Crippen molar-refractivity contribution in [3.05, 3.63) is 70.3 Å². The lowest BCUT2D eigenvalue weighted by atomic mass is 10.1. The molecular weight excluding hydrogens is 428 g/mol. The largest absolute Gasteiger partial charge is 0.481 e. The molecule has 2 aromatic carbocycles. The van der Waals surface area contributed by atoms with Crippen LogP contribution in [0.4, 0.5) is 5.69 Å². The number of aromatic amines is 1. The maximum Gasteiger partial charge on any atom is 0.326 e. The van der Waals surface area contributed by atoms with Gasteiger partial charge in [0.05, 0.1) is 17.2 Å². The predicted octanol–water partition coefficient (Wildman–Crippen LogP) is 2.00. The summed E-state index contributed by atoms with van der Waals surface area (Å²) in [6.45, 7) is 3.18. The van der Waals surface area contributed by atoms with Gasteiger partial charge in [-0.3, -0.25) is 14.4 Å². The first-order valence-corrected chi connectivity index (χ1v) is 10.3. The van der Waals surface area contributed by atoms with Gasteiger partial charge in [0.2, 0.25) is 0 Å². The van der Waals surface area contributed by atoms with Gasteiger partial charge in [0, 0.05) is 30.8 Å². The summed E-state index contributed by atoms with van der Waals surface area (Å²) in [7, 11) is 0. The Balaban J connectivity index is 1.71. The molecule has 3 aromatic rings. The van der Waals surface area contributed by atoms with Crippen LogP contribution in [0.15, 0.2) is 53.6 Å². The highest BCUT2D eigenvalue weighted by Gasteiger charge is 2.21. The third kappa shape index (κ3) is 5.94. The van der Waals surface area contributed by atoms with E-state index in [1.54, 1.807) is 36.4 Å². The number of nitrogens with one attached hydrogen (secondary N) is 2. The standard InChI is InChI=1S/C23H24N4O6/c1-2-27(12-14-3-8-18-17(11-14)22(31)25-13-24-18)16-6-4-15(5-7-16)21(30)26-19(23(32)33)9-10-20(28)29/h3-8,11,13,19H,2,9-10,12H2,1H3,(H,26,30)(H,28,29)(H,32,33)(H,24,25,31)/t19-/m0/s1. The van der Waals surface area contributed by atoms with Gasteiger partial charge in [-0.2, -0.15) is 0 Å². The van der Waals surface area contributed by atoms with E-state index in [9.17, 15) is 24.3 Å². The van der Waals surface area contributed by atoms with Crippen LogP contribution in [-0.4, -0.2) is 50.6 Å². The summed E-state index contributed by atoms with van der Waals surface area (Å²) >= 11 is 0. The number of H-pyrrole nitrogens is 1. The number of carboxylic acid groups (broad SMARTS) is 2. The van der Waals surface area contributed by atoms with Crippen molar-refractivity contribution in [2.75, 3.05) is 11.4 Å². The highest BCUT2D eigenvalue weighted by atomic mass is 16.4. The zero-order valence-corrected chi connectivity index (χ0v) is 17.9. The fraction of sp³-hybridized carbons (Fsp3) is 0.261. The van der Waals surface area contributed by atoms with E-state index in [0.29, 0.717) is 24.0 Å². The average molecular weight is 452 g/mol. The Morgan fingerprint density at radius 3 is 2.48 bits per heavy atom. The summed E-state index contributed by atoms with van der Waals surface area (Å²) in [5, 5.41) is 20.8. The molecule has 0 unspecified atom stereocenters. The van der Waals surface area contributed by atoms with E-state index >= 15 is 0 Å². The molecule has 0 saturated carbocycles. The molecule has 1 atom stereocenters. The van der Waals surface area contributed by atoms with Crippen LogP contribution in [0.3, 0.4) is 0 Å². The fourth-order valence-corrected chi connectivity index (χ4v) is 3.41. The molecular formula is C23H24N4O6. The normalized spacial score (nSPS) is 11.7. The van der Waals surface area contributed by atoms with Gasteiger partial charge in [-0.25, -0.2) is 9.78 Å². The Morgan fingerprint density at radius 2 is 1.85 bits per heavy atom. The van der Waals surface area contributed by atoms with E-state index in [2.05, 4.69) is 20.2 Å². The molecule has 1 heterocycles. The quantitative estimate of drug-likeness (QED) is 0.364. The average Bonchev–Trinajstić information content (AvgIpc) is 2.80. The summed E-state index contributed by atoms with van der Waals surface area (Å²) in [6, 6.07) is 10.9. The van der Waals surface area contributed by atoms with Gasteiger partial charge in [-0.05, 0) is 55.3 Å². The molecule has 0 saturated heterocycles. The summed E-state index contributed by atoms with van der Waals surface area (Å²) in [5.41, 5.74) is 2.44. The van der Waals surface area contributed by atoms with Gasteiger partial charge < -0.3 is 25.4 Å². The lowest BCUT2D eigenvalue weighted by Gasteiger charge is -2.23. The Hall–Kier alpha value is -4.21. The predicted molar refractivity (Wildman–Crippen MR) is 121 cm³/mol. The molecule has 0 fully saturated rings. The number of aliphatic carboxylic acids is 2. The number of fused-ring (bicyclic) bond motifs is 1. The Kier molecular flexibility index (Phi) is 7.39. The van der Waals surface area contributed by atoms with Crippen LogP contribution in [0.1, 0.15) is 35.7 Å². The number of hydrogen-bond acceptors (Lipinski definition) is 6. The van der Waals surface area contributed by atoms with Crippen LogP contribution in [0.2, 0.25) is 0 Å². The van der Waals surface area contributed by atoms with Crippen LogP contribution in [-0.2, 0) is 16.1 Å². The van der Waals surface area contributed by atoms with Gasteiger partial charge >= 0.3 is 11.9 Å². The molecule has 1 aromatic heterocycles. The molecule has 10 nitrogen and oxygen atoms in total. The minimum absolute atomic E-state index is 0.205. The number of aromatic nitrogens is 2. The van der Waals surface area contributed by atoms with E-state index < -0.39 is 23.9 Å². The van der Waals surface area contributed by atoms with E-state index in [1.807, 2.05) is 13.0 Å². The summed E-state index contributed by atoms with van der Waals surface area (Å²) in [4.78, 5) is 55.2. The zero-order valence-electron chi connectivity index (χ0n) is 17.9. The van der Waals surface area contributed by atoms with Gasteiger partial charge in [0.15, 0.2) is 0 Å². The number of amides is 1. The topological polar surface area (TPSA) is 153 Å². The maximum atomic E-state index is 12.4. The maximum absolute atomic E-state index is 12.4. The molecule has 10 heteroatoms. The first kappa shape index (κ1) is 23.5. The van der Waals surface area contributed by atoms with Crippen molar-refractivity contribution in [3.8, 4) is 0 Å². The third-order valence-electron chi connectivity index (χ3n) is 5.20. The van der Waals surface area contributed by atoms with Crippen LogP contribution in [0, 0.1) is 0 Å². The van der Waals surface area contributed by atoms with Crippen LogP contribution in [0.25, 0.3) is 10.9 Å². The summed E-state index contributed by atoms with van der Waals surface area (Å²) < 4.78 is 0. The highest BCUT2D eigenvalue weighted by molar-refractivity contribution is 5.97. The second-order valence-corrected chi connectivity index (χ2v) is 7.44. The van der Waals surface area contributed by atoms with Crippen LogP contribution in [0.5, 0.6) is 0 Å². The third-order valence-corrected chi connectivity index (χ3v) is 5.20. The fourth-order valence-electron chi connectivity index (χ4n) is 3.41. The number of carboxylic acids is 2. The van der Waals surface area contributed by atoms with Crippen molar-refractivity contribution in [1.29, 1.82) is 0 Å². The zero-order chi connectivity index (χ0) is 24.0. The van der Waals surface area contributed by atoms with Crippen molar-refractivity contribution in [1.82, 2.24) is 15.3 Å². The van der Waals surface area contributed by atoms with Gasteiger partial charge in [-0.1, -0.05) is 6.07 Å². The number of anilines is 1. The van der Waals surface area contributed by atoms with E-state index in [4.69, 9.17) is 5.11 Å². The number of carbonyl (C=O) groups excluding carboxylic acids is 1. The Labute approximate surface area is 188 Å². The van der Waals surface area contributed by atoms with Crippen molar-refractivity contribution < 1.29 is 24.6 Å². The molecule has 0 spiro atoms. The summed E-state index contributed by atoms with van der Waals surface area (Å²) in [5.74, 6) is -3.02. The number of benzene rings is 2. The molecule has 172 valence electrons. The SMILES string of the molecule is CCN(Cc1ccc2nc[nH]c(=O)c2c1)c1ccc(C(=O)N[C@@H](CCC(=O)O)C(=O)O)cc1. The lowest BCUT2D eigenvalue weighted by Crippen LogP contribution is -2.41. The van der Waals surface area contributed by atoms with Crippen LogP contribution < -0.4 is 15.8 Å².